The van der Waals surface area contributed by atoms with Crippen molar-refractivity contribution < 1.29 is 14.3 Å². The Balaban J connectivity index is 1.56. The van der Waals surface area contributed by atoms with E-state index in [4.69, 9.17) is 4.74 Å². The van der Waals surface area contributed by atoms with Gasteiger partial charge in [-0.25, -0.2) is 0 Å². The molecule has 1 aliphatic carbocycles. The number of hydrogen-bond donors (Lipinski definition) is 2. The molecule has 8 nitrogen and oxygen atoms in total. The molecule has 3 aromatic rings. The van der Waals surface area contributed by atoms with E-state index in [2.05, 4.69) is 29.6 Å². The van der Waals surface area contributed by atoms with Gasteiger partial charge in [0.05, 0.1) is 24.7 Å². The van der Waals surface area contributed by atoms with Gasteiger partial charge < -0.3 is 15.4 Å². The van der Waals surface area contributed by atoms with Gasteiger partial charge in [-0.15, -0.1) is 0 Å². The van der Waals surface area contributed by atoms with E-state index in [1.807, 2.05) is 0 Å². The maximum Gasteiger partial charge on any atom is 0.279 e. The van der Waals surface area contributed by atoms with Crippen LogP contribution < -0.4 is 20.9 Å². The molecule has 178 valence electrons. The van der Waals surface area contributed by atoms with E-state index in [-0.39, 0.29) is 29.7 Å². The highest BCUT2D eigenvalue weighted by atomic mass is 16.5. The molecule has 0 radical (unpaired) electrons. The lowest BCUT2D eigenvalue weighted by Crippen LogP contribution is -2.47. The number of fused-ring (bicyclic) bond motifs is 1. The van der Waals surface area contributed by atoms with E-state index in [1.54, 1.807) is 55.6 Å². The highest BCUT2D eigenvalue weighted by Gasteiger charge is 2.28. The molecule has 4 rings (SSSR count). The first kappa shape index (κ1) is 23.5. The first-order valence-electron chi connectivity index (χ1n) is 11.6. The average Bonchev–Trinajstić information content (AvgIpc) is 2.86. The van der Waals surface area contributed by atoms with Crippen LogP contribution in [0.4, 0.5) is 0 Å². The molecular weight excluding hydrogens is 432 g/mol. The number of benzene rings is 2. The predicted octanol–water partition coefficient (Wildman–Crippen LogP) is 3.07. The average molecular weight is 463 g/mol. The molecule has 1 fully saturated rings. The molecule has 8 heteroatoms. The zero-order valence-electron chi connectivity index (χ0n) is 19.7. The lowest BCUT2D eigenvalue weighted by atomic mass is 9.78. The summed E-state index contributed by atoms with van der Waals surface area (Å²) in [6.45, 7) is 4.21. The van der Waals surface area contributed by atoms with Crippen LogP contribution in [0.25, 0.3) is 16.5 Å². The smallest absolute Gasteiger partial charge is 0.279 e. The summed E-state index contributed by atoms with van der Waals surface area (Å²) < 4.78 is 6.38. The number of ether oxygens (including phenoxy) is 1. The summed E-state index contributed by atoms with van der Waals surface area (Å²) in [5.41, 5.74) is 0.248. The van der Waals surface area contributed by atoms with Crippen molar-refractivity contribution in [3.63, 3.8) is 0 Å². The second-order valence-electron chi connectivity index (χ2n) is 8.93. The quantitative estimate of drug-likeness (QED) is 0.586. The van der Waals surface area contributed by atoms with Crippen molar-refractivity contribution >= 4 is 22.6 Å². The molecule has 0 spiro atoms. The van der Waals surface area contributed by atoms with Gasteiger partial charge in [0.2, 0.25) is 5.91 Å². The molecular formula is C26H30N4O4. The standard InChI is InChI=1S/C26H30N4O4/c1-16-7-6-10-22(17(16)2)28-23(31)15-27-25(32)24-20-8-4-5-9-21(20)26(33)30(29-24)18-11-13-19(34-3)14-12-18/h4-5,8-9,11-14,16-17,22H,6-7,10,15H2,1-3H3,(H,27,32)(H,28,31)/t16-,17+,22+/m0/s1. The van der Waals surface area contributed by atoms with E-state index in [1.165, 1.54) is 11.1 Å². The fraction of sp³-hybridized carbons (Fsp3) is 0.385. The number of amides is 2. The van der Waals surface area contributed by atoms with Crippen LogP contribution in [0.15, 0.2) is 53.3 Å². The SMILES string of the molecule is COc1ccc(-n2nc(C(=O)NCC(=O)N[C@@H]3CCC[C@H](C)[C@H]3C)c3ccccc3c2=O)cc1. The van der Waals surface area contributed by atoms with Gasteiger partial charge in [0.15, 0.2) is 5.69 Å². The summed E-state index contributed by atoms with van der Waals surface area (Å²) in [7, 11) is 1.56. The summed E-state index contributed by atoms with van der Waals surface area (Å²) in [4.78, 5) is 38.7. The Labute approximate surface area is 198 Å². The van der Waals surface area contributed by atoms with E-state index in [0.29, 0.717) is 34.0 Å². The van der Waals surface area contributed by atoms with Crippen molar-refractivity contribution in [1.82, 2.24) is 20.4 Å². The summed E-state index contributed by atoms with van der Waals surface area (Å²) in [5.74, 6) is 0.851. The molecule has 0 aliphatic heterocycles. The molecule has 1 saturated carbocycles. The van der Waals surface area contributed by atoms with Crippen LogP contribution in [0.1, 0.15) is 43.6 Å². The maximum atomic E-state index is 13.1. The Morgan fingerprint density at radius 2 is 1.76 bits per heavy atom. The summed E-state index contributed by atoms with van der Waals surface area (Å²) in [5, 5.41) is 10.9. The van der Waals surface area contributed by atoms with E-state index in [9.17, 15) is 14.4 Å². The fourth-order valence-corrected chi connectivity index (χ4v) is 4.54. The lowest BCUT2D eigenvalue weighted by Gasteiger charge is -2.34. The van der Waals surface area contributed by atoms with Gasteiger partial charge in [-0.2, -0.15) is 9.78 Å². The van der Waals surface area contributed by atoms with Crippen molar-refractivity contribution in [3.05, 3.63) is 64.6 Å². The maximum absolute atomic E-state index is 13.1. The molecule has 0 unspecified atom stereocenters. The van der Waals surface area contributed by atoms with Crippen molar-refractivity contribution in [2.24, 2.45) is 11.8 Å². The van der Waals surface area contributed by atoms with Crippen LogP contribution in [0.2, 0.25) is 0 Å². The molecule has 1 heterocycles. The Hall–Kier alpha value is -3.68. The summed E-state index contributed by atoms with van der Waals surface area (Å²) in [6.07, 6.45) is 3.21. The minimum absolute atomic E-state index is 0.0819. The van der Waals surface area contributed by atoms with Crippen LogP contribution in [0.5, 0.6) is 5.75 Å². The first-order valence-corrected chi connectivity index (χ1v) is 11.6. The van der Waals surface area contributed by atoms with Gasteiger partial charge in [0.25, 0.3) is 11.5 Å². The third kappa shape index (κ3) is 4.81. The van der Waals surface area contributed by atoms with Gasteiger partial charge in [0, 0.05) is 11.4 Å². The second-order valence-corrected chi connectivity index (χ2v) is 8.93. The largest absolute Gasteiger partial charge is 0.497 e. The molecule has 3 atom stereocenters. The third-order valence-electron chi connectivity index (χ3n) is 6.80. The molecule has 1 aliphatic rings. The molecule has 0 saturated heterocycles. The molecule has 0 bridgehead atoms. The van der Waals surface area contributed by atoms with Crippen LogP contribution in [-0.4, -0.2) is 41.3 Å². The van der Waals surface area contributed by atoms with Gasteiger partial charge in [-0.3, -0.25) is 14.4 Å². The number of carbonyl (C=O) groups is 2. The number of nitrogens with zero attached hydrogens (tertiary/aromatic N) is 2. The number of methoxy groups -OCH3 is 1. The molecule has 2 N–H and O–H groups in total. The highest BCUT2D eigenvalue weighted by molar-refractivity contribution is 6.05. The number of rotatable bonds is 6. The highest BCUT2D eigenvalue weighted by Crippen LogP contribution is 2.29. The number of aromatic nitrogens is 2. The van der Waals surface area contributed by atoms with Crippen LogP contribution in [-0.2, 0) is 4.79 Å². The first-order chi connectivity index (χ1) is 16.4. The number of nitrogens with one attached hydrogen (secondary N) is 2. The Morgan fingerprint density at radius 3 is 2.47 bits per heavy atom. The minimum atomic E-state index is -0.515. The summed E-state index contributed by atoms with van der Waals surface area (Å²) >= 11 is 0. The number of carbonyl (C=O) groups excluding carboxylic acids is 2. The Morgan fingerprint density at radius 1 is 1.06 bits per heavy atom. The van der Waals surface area contributed by atoms with Gasteiger partial charge in [-0.05, 0) is 48.6 Å². The van der Waals surface area contributed by atoms with Gasteiger partial charge >= 0.3 is 0 Å². The van der Waals surface area contributed by atoms with E-state index >= 15 is 0 Å². The second kappa shape index (κ2) is 10.1. The monoisotopic (exact) mass is 462 g/mol. The predicted molar refractivity (Wildman–Crippen MR) is 130 cm³/mol. The minimum Gasteiger partial charge on any atom is -0.497 e. The zero-order chi connectivity index (χ0) is 24.2. The summed E-state index contributed by atoms with van der Waals surface area (Å²) in [6, 6.07) is 13.8. The molecule has 2 amide bonds. The molecule has 2 aromatic carbocycles. The Bertz CT molecular complexity index is 1250. The Kier molecular flexibility index (Phi) is 6.95. The van der Waals surface area contributed by atoms with E-state index < -0.39 is 5.91 Å². The third-order valence-corrected chi connectivity index (χ3v) is 6.80. The van der Waals surface area contributed by atoms with Crippen molar-refractivity contribution in [2.45, 2.75) is 39.2 Å². The zero-order valence-corrected chi connectivity index (χ0v) is 19.7. The van der Waals surface area contributed by atoms with Crippen LogP contribution in [0, 0.1) is 11.8 Å². The van der Waals surface area contributed by atoms with Crippen LogP contribution >= 0.6 is 0 Å². The van der Waals surface area contributed by atoms with E-state index in [0.717, 1.165) is 12.8 Å². The molecule has 1 aromatic heterocycles. The van der Waals surface area contributed by atoms with Crippen molar-refractivity contribution in [2.75, 3.05) is 13.7 Å². The number of hydrogen-bond acceptors (Lipinski definition) is 5. The lowest BCUT2D eigenvalue weighted by molar-refractivity contribution is -0.121. The topological polar surface area (TPSA) is 102 Å². The van der Waals surface area contributed by atoms with Crippen molar-refractivity contribution in [1.29, 1.82) is 0 Å². The van der Waals surface area contributed by atoms with Gasteiger partial charge in [-0.1, -0.05) is 44.9 Å². The van der Waals surface area contributed by atoms with Crippen LogP contribution in [0.3, 0.4) is 0 Å². The normalized spacial score (nSPS) is 20.0. The molecule has 34 heavy (non-hydrogen) atoms. The van der Waals surface area contributed by atoms with Gasteiger partial charge in [0.1, 0.15) is 5.75 Å². The fourth-order valence-electron chi connectivity index (χ4n) is 4.54. The van der Waals surface area contributed by atoms with Crippen molar-refractivity contribution in [3.8, 4) is 11.4 Å².